The van der Waals surface area contributed by atoms with Gasteiger partial charge >= 0.3 is 0 Å². The van der Waals surface area contributed by atoms with Crippen molar-refractivity contribution in [1.29, 1.82) is 0 Å². The van der Waals surface area contributed by atoms with Gasteiger partial charge < -0.3 is 4.52 Å². The molecule has 0 spiro atoms. The molecule has 0 aromatic carbocycles. The zero-order chi connectivity index (χ0) is 13.3. The van der Waals surface area contributed by atoms with Gasteiger partial charge in [0.1, 0.15) is 5.78 Å². The molecule has 1 unspecified atom stereocenters. The van der Waals surface area contributed by atoms with Gasteiger partial charge in [-0.25, -0.2) is 0 Å². The van der Waals surface area contributed by atoms with E-state index in [2.05, 4.69) is 24.0 Å². The van der Waals surface area contributed by atoms with E-state index in [9.17, 15) is 4.79 Å². The van der Waals surface area contributed by atoms with Crippen molar-refractivity contribution < 1.29 is 9.32 Å². The molecule has 0 amide bonds. The van der Waals surface area contributed by atoms with Crippen molar-refractivity contribution in [1.82, 2.24) is 10.1 Å². The Morgan fingerprint density at radius 1 is 1.39 bits per heavy atom. The van der Waals surface area contributed by atoms with Gasteiger partial charge in [0.05, 0.1) is 5.92 Å². The Kier molecular flexibility index (Phi) is 3.55. The average molecular weight is 250 g/mol. The van der Waals surface area contributed by atoms with E-state index in [0.717, 1.165) is 18.7 Å². The first kappa shape index (κ1) is 13.2. The highest BCUT2D eigenvalue weighted by Gasteiger charge is 2.30. The Morgan fingerprint density at radius 3 is 2.56 bits per heavy atom. The zero-order valence-electron chi connectivity index (χ0n) is 11.7. The van der Waals surface area contributed by atoms with E-state index in [0.29, 0.717) is 17.2 Å². The molecule has 0 aliphatic heterocycles. The second-order valence-corrected chi connectivity index (χ2v) is 6.26. The lowest BCUT2D eigenvalue weighted by Crippen LogP contribution is -2.20. The summed E-state index contributed by atoms with van der Waals surface area (Å²) < 4.78 is 5.21. The molecule has 4 heteroatoms. The molecular formula is C14H22N2O2. The van der Waals surface area contributed by atoms with E-state index in [1.165, 1.54) is 12.8 Å². The highest BCUT2D eigenvalue weighted by Crippen LogP contribution is 2.41. The molecular weight excluding hydrogens is 228 g/mol. The van der Waals surface area contributed by atoms with Crippen LogP contribution in [0.3, 0.4) is 0 Å². The maximum Gasteiger partial charge on any atom is 0.236 e. The number of hydrogen-bond donors (Lipinski definition) is 0. The van der Waals surface area contributed by atoms with Crippen LogP contribution in [0.4, 0.5) is 0 Å². The Bertz CT molecular complexity index is 427. The van der Waals surface area contributed by atoms with E-state index in [1.54, 1.807) is 6.92 Å². The van der Waals surface area contributed by atoms with Crippen molar-refractivity contribution in [3.8, 4) is 0 Å². The van der Waals surface area contributed by atoms with Gasteiger partial charge in [-0.3, -0.25) is 4.79 Å². The molecule has 0 bridgehead atoms. The maximum atomic E-state index is 11.3. The van der Waals surface area contributed by atoms with Crippen LogP contribution in [0.15, 0.2) is 4.52 Å². The van der Waals surface area contributed by atoms with Crippen molar-refractivity contribution in [2.45, 2.75) is 65.2 Å². The fraction of sp³-hybridized carbons (Fsp3) is 0.786. The summed E-state index contributed by atoms with van der Waals surface area (Å²) in [7, 11) is 0. The minimum absolute atomic E-state index is 0.0648. The molecule has 1 atom stereocenters. The third kappa shape index (κ3) is 2.79. The number of carbonyl (C=O) groups excluding carboxylic acids is 1. The summed E-state index contributed by atoms with van der Waals surface area (Å²) in [6.07, 6.45) is 4.62. The van der Waals surface area contributed by atoms with Crippen molar-refractivity contribution in [3.63, 3.8) is 0 Å². The molecule has 0 radical (unpaired) electrons. The standard InChI is InChI=1S/C14H22N2O2/c1-9(10(2)17)13-15-12(16-18-13)11-5-7-14(3,4)8-6-11/h9,11H,5-8H2,1-4H3. The first-order valence-corrected chi connectivity index (χ1v) is 6.73. The van der Waals surface area contributed by atoms with Crippen LogP contribution in [0.2, 0.25) is 0 Å². The SMILES string of the molecule is CC(=O)C(C)c1nc(C2CCC(C)(C)CC2)no1. The van der Waals surface area contributed by atoms with E-state index in [1.807, 2.05) is 6.92 Å². The number of hydrogen-bond acceptors (Lipinski definition) is 4. The zero-order valence-corrected chi connectivity index (χ0v) is 11.7. The number of aromatic nitrogens is 2. The highest BCUT2D eigenvalue weighted by molar-refractivity contribution is 5.81. The van der Waals surface area contributed by atoms with Crippen molar-refractivity contribution >= 4 is 5.78 Å². The van der Waals surface area contributed by atoms with Gasteiger partial charge in [-0.05, 0) is 44.9 Å². The van der Waals surface area contributed by atoms with Crippen LogP contribution in [0, 0.1) is 5.41 Å². The van der Waals surface area contributed by atoms with Gasteiger partial charge in [-0.2, -0.15) is 4.98 Å². The van der Waals surface area contributed by atoms with Crippen molar-refractivity contribution in [2.24, 2.45) is 5.41 Å². The summed E-state index contributed by atoms with van der Waals surface area (Å²) in [5.74, 6) is 1.42. The highest BCUT2D eigenvalue weighted by atomic mass is 16.5. The van der Waals surface area contributed by atoms with E-state index >= 15 is 0 Å². The lowest BCUT2D eigenvalue weighted by atomic mass is 9.73. The molecule has 4 nitrogen and oxygen atoms in total. The lowest BCUT2D eigenvalue weighted by molar-refractivity contribution is -0.118. The predicted octanol–water partition coefficient (Wildman–Crippen LogP) is 3.45. The van der Waals surface area contributed by atoms with Crippen LogP contribution in [-0.2, 0) is 4.79 Å². The van der Waals surface area contributed by atoms with Gasteiger partial charge in [-0.15, -0.1) is 0 Å². The summed E-state index contributed by atoms with van der Waals surface area (Å²) in [6, 6.07) is 0. The van der Waals surface area contributed by atoms with Crippen LogP contribution in [0.5, 0.6) is 0 Å². The molecule has 1 fully saturated rings. The fourth-order valence-electron chi connectivity index (χ4n) is 2.42. The summed E-state index contributed by atoms with van der Waals surface area (Å²) in [6.45, 7) is 7.98. The normalized spacial score (nSPS) is 21.8. The third-order valence-electron chi connectivity index (χ3n) is 4.14. The van der Waals surface area contributed by atoms with Crippen LogP contribution in [0.1, 0.15) is 76.9 Å². The first-order valence-electron chi connectivity index (χ1n) is 6.73. The summed E-state index contributed by atoms with van der Waals surface area (Å²) in [5.41, 5.74) is 0.440. The quantitative estimate of drug-likeness (QED) is 0.824. The van der Waals surface area contributed by atoms with Crippen LogP contribution in [-0.4, -0.2) is 15.9 Å². The molecule has 100 valence electrons. The van der Waals surface area contributed by atoms with Gasteiger partial charge in [0.25, 0.3) is 0 Å². The maximum absolute atomic E-state index is 11.3. The first-order chi connectivity index (χ1) is 8.39. The predicted molar refractivity (Wildman–Crippen MR) is 68.4 cm³/mol. The summed E-state index contributed by atoms with van der Waals surface area (Å²) in [5, 5.41) is 4.05. The van der Waals surface area contributed by atoms with Gasteiger partial charge in [-0.1, -0.05) is 19.0 Å². The second kappa shape index (κ2) is 4.82. The van der Waals surface area contributed by atoms with E-state index in [4.69, 9.17) is 4.52 Å². The number of nitrogens with zero attached hydrogens (tertiary/aromatic N) is 2. The van der Waals surface area contributed by atoms with Crippen LogP contribution >= 0.6 is 0 Å². The Labute approximate surface area is 108 Å². The fourth-order valence-corrected chi connectivity index (χ4v) is 2.42. The minimum atomic E-state index is -0.286. The number of rotatable bonds is 3. The lowest BCUT2D eigenvalue weighted by Gasteiger charge is -2.32. The molecule has 1 saturated carbocycles. The largest absolute Gasteiger partial charge is 0.339 e. The molecule has 1 heterocycles. The van der Waals surface area contributed by atoms with Gasteiger partial charge in [0.15, 0.2) is 5.82 Å². The molecule has 0 saturated heterocycles. The van der Waals surface area contributed by atoms with Crippen molar-refractivity contribution in [3.05, 3.63) is 11.7 Å². The summed E-state index contributed by atoms with van der Waals surface area (Å²) in [4.78, 5) is 15.7. The van der Waals surface area contributed by atoms with E-state index < -0.39 is 0 Å². The van der Waals surface area contributed by atoms with Crippen molar-refractivity contribution in [2.75, 3.05) is 0 Å². The Hall–Kier alpha value is -1.19. The number of Topliss-reactive ketones (excluding diaryl/α,β-unsaturated/α-hetero) is 1. The Balaban J connectivity index is 2.05. The number of ketones is 1. The molecule has 18 heavy (non-hydrogen) atoms. The van der Waals surface area contributed by atoms with Crippen LogP contribution in [0.25, 0.3) is 0 Å². The summed E-state index contributed by atoms with van der Waals surface area (Å²) >= 11 is 0. The monoisotopic (exact) mass is 250 g/mol. The topological polar surface area (TPSA) is 56.0 Å². The van der Waals surface area contributed by atoms with Gasteiger partial charge in [0, 0.05) is 5.92 Å². The average Bonchev–Trinajstić information content (AvgIpc) is 2.77. The third-order valence-corrected chi connectivity index (χ3v) is 4.14. The molecule has 2 rings (SSSR count). The Morgan fingerprint density at radius 2 is 2.00 bits per heavy atom. The molecule has 0 N–H and O–H groups in total. The second-order valence-electron chi connectivity index (χ2n) is 6.26. The smallest absolute Gasteiger partial charge is 0.236 e. The number of carbonyl (C=O) groups is 1. The molecule has 1 aromatic heterocycles. The minimum Gasteiger partial charge on any atom is -0.339 e. The molecule has 1 aliphatic carbocycles. The molecule has 1 aliphatic rings. The van der Waals surface area contributed by atoms with Crippen LogP contribution < -0.4 is 0 Å². The van der Waals surface area contributed by atoms with Gasteiger partial charge in [0.2, 0.25) is 5.89 Å². The molecule has 1 aromatic rings. The van der Waals surface area contributed by atoms with E-state index in [-0.39, 0.29) is 11.7 Å².